The summed E-state index contributed by atoms with van der Waals surface area (Å²) in [4.78, 5) is 24.8. The topological polar surface area (TPSA) is 92.8 Å². The largest absolute Gasteiger partial charge is 0.465 e. The van der Waals surface area contributed by atoms with E-state index in [9.17, 15) is 18.0 Å². The van der Waals surface area contributed by atoms with Gasteiger partial charge in [0.1, 0.15) is 6.04 Å². The van der Waals surface area contributed by atoms with Crippen LogP contribution in [0, 0.1) is 6.92 Å². The van der Waals surface area contributed by atoms with Crippen LogP contribution in [-0.4, -0.2) is 55.3 Å². The fourth-order valence-electron chi connectivity index (χ4n) is 3.14. The van der Waals surface area contributed by atoms with Crippen molar-refractivity contribution in [2.24, 2.45) is 0 Å². The molecule has 0 radical (unpaired) electrons. The van der Waals surface area contributed by atoms with Crippen LogP contribution in [0.1, 0.15) is 22.8 Å². The second-order valence-electron chi connectivity index (χ2n) is 6.90. The molecule has 1 aliphatic rings. The lowest BCUT2D eigenvalue weighted by atomic mass is 10.1. The predicted octanol–water partition coefficient (Wildman–Crippen LogP) is 3.68. The summed E-state index contributed by atoms with van der Waals surface area (Å²) >= 11 is 4.93. The Hall–Kier alpha value is -1.88. The van der Waals surface area contributed by atoms with Gasteiger partial charge >= 0.3 is 5.97 Å². The number of aryl methyl sites for hydroxylation is 1. The summed E-state index contributed by atoms with van der Waals surface area (Å²) in [6.45, 7) is 4.01. The molecule has 166 valence electrons. The van der Waals surface area contributed by atoms with Crippen LogP contribution in [-0.2, 0) is 19.6 Å². The highest BCUT2D eigenvalue weighted by molar-refractivity contribution is 9.10. The van der Waals surface area contributed by atoms with Gasteiger partial charge in [0.25, 0.3) is 5.91 Å². The number of amides is 1. The molecule has 0 bridgehead atoms. The molecule has 10 heteroatoms. The van der Waals surface area contributed by atoms with E-state index < -0.39 is 22.0 Å². The molecule has 1 aliphatic heterocycles. The minimum Gasteiger partial charge on any atom is -0.465 e. The van der Waals surface area contributed by atoms with Gasteiger partial charge in [-0.3, -0.25) is 9.59 Å². The van der Waals surface area contributed by atoms with Gasteiger partial charge in [-0.1, -0.05) is 15.9 Å². The monoisotopic (exact) mass is 526 g/mol. The van der Waals surface area contributed by atoms with E-state index in [1.807, 2.05) is 6.92 Å². The number of thioether (sulfide) groups is 1. The van der Waals surface area contributed by atoms with Crippen molar-refractivity contribution in [3.8, 4) is 0 Å². The van der Waals surface area contributed by atoms with E-state index in [2.05, 4.69) is 21.2 Å². The molecule has 0 spiro atoms. The van der Waals surface area contributed by atoms with Crippen molar-refractivity contribution in [1.29, 1.82) is 0 Å². The molecule has 1 fully saturated rings. The number of sulfonamides is 1. The lowest BCUT2D eigenvalue weighted by Gasteiger charge is -2.32. The Kier molecular flexibility index (Phi) is 7.79. The third-order valence-corrected chi connectivity index (χ3v) is 8.61. The summed E-state index contributed by atoms with van der Waals surface area (Å²) in [5.41, 5.74) is 1.91. The molecule has 2 aromatic rings. The number of carbonyl (C=O) groups is 2. The minimum absolute atomic E-state index is 0.0613. The van der Waals surface area contributed by atoms with Gasteiger partial charge in [-0.2, -0.15) is 16.1 Å². The molecule has 3 rings (SSSR count). The zero-order valence-corrected chi connectivity index (χ0v) is 20.3. The molecule has 0 aliphatic carbocycles. The SMILES string of the molecule is CCOC(=O)C1CSCCN1S(=O)(=O)c1ccc(NC(=O)c2ccc(Br)c(C)c2)cc1. The number of ether oxygens (including phenoxy) is 1. The van der Waals surface area contributed by atoms with Crippen molar-refractivity contribution in [2.45, 2.75) is 24.8 Å². The van der Waals surface area contributed by atoms with E-state index in [1.165, 1.54) is 40.3 Å². The smallest absolute Gasteiger partial charge is 0.325 e. The van der Waals surface area contributed by atoms with E-state index >= 15 is 0 Å². The Morgan fingerprint density at radius 2 is 1.94 bits per heavy atom. The fourth-order valence-corrected chi connectivity index (χ4v) is 6.20. The van der Waals surface area contributed by atoms with Crippen molar-refractivity contribution in [3.63, 3.8) is 0 Å². The van der Waals surface area contributed by atoms with Gasteiger partial charge in [0.2, 0.25) is 10.0 Å². The highest BCUT2D eigenvalue weighted by atomic mass is 79.9. The van der Waals surface area contributed by atoms with Gasteiger partial charge in [0, 0.05) is 33.8 Å². The maximum atomic E-state index is 13.1. The molecule has 0 aromatic heterocycles. The maximum absolute atomic E-state index is 13.1. The first kappa shape index (κ1) is 23.8. The summed E-state index contributed by atoms with van der Waals surface area (Å²) < 4.78 is 33.5. The van der Waals surface area contributed by atoms with Crippen molar-refractivity contribution in [2.75, 3.05) is 30.0 Å². The van der Waals surface area contributed by atoms with Gasteiger partial charge < -0.3 is 10.1 Å². The minimum atomic E-state index is -3.88. The Balaban J connectivity index is 1.76. The first-order valence-corrected chi connectivity index (χ1v) is 13.1. The predicted molar refractivity (Wildman–Crippen MR) is 125 cm³/mol. The fraction of sp³-hybridized carbons (Fsp3) is 0.333. The normalized spacial score (nSPS) is 17.2. The van der Waals surface area contributed by atoms with Gasteiger partial charge in [0.05, 0.1) is 11.5 Å². The zero-order chi connectivity index (χ0) is 22.6. The Labute approximate surface area is 194 Å². The first-order chi connectivity index (χ1) is 14.7. The summed E-state index contributed by atoms with van der Waals surface area (Å²) in [5.74, 6) is 0.142. The quantitative estimate of drug-likeness (QED) is 0.577. The van der Waals surface area contributed by atoms with Crippen LogP contribution in [0.4, 0.5) is 5.69 Å². The summed E-state index contributed by atoms with van der Waals surface area (Å²) in [5, 5.41) is 2.77. The summed E-state index contributed by atoms with van der Waals surface area (Å²) in [6.07, 6.45) is 0. The van der Waals surface area contributed by atoms with Crippen LogP contribution in [0.25, 0.3) is 0 Å². The second kappa shape index (κ2) is 10.2. The number of nitrogens with zero attached hydrogens (tertiary/aromatic N) is 1. The number of esters is 1. The number of anilines is 1. The van der Waals surface area contributed by atoms with Crippen LogP contribution in [0.3, 0.4) is 0 Å². The van der Waals surface area contributed by atoms with E-state index in [1.54, 1.807) is 25.1 Å². The van der Waals surface area contributed by atoms with Gasteiger partial charge in [-0.05, 0) is 61.9 Å². The molecule has 1 atom stereocenters. The third-order valence-electron chi connectivity index (χ3n) is 4.78. The van der Waals surface area contributed by atoms with E-state index in [0.29, 0.717) is 22.8 Å². The maximum Gasteiger partial charge on any atom is 0.325 e. The molecular formula is C21H23BrN2O5S2. The highest BCUT2D eigenvalue weighted by Crippen LogP contribution is 2.26. The van der Waals surface area contributed by atoms with Crippen molar-refractivity contribution < 1.29 is 22.7 Å². The number of hydrogen-bond acceptors (Lipinski definition) is 6. The number of benzene rings is 2. The molecular weight excluding hydrogens is 504 g/mol. The highest BCUT2D eigenvalue weighted by Gasteiger charge is 2.38. The number of hydrogen-bond donors (Lipinski definition) is 1. The van der Waals surface area contributed by atoms with E-state index in [0.717, 1.165) is 10.0 Å². The molecule has 1 saturated heterocycles. The van der Waals surface area contributed by atoms with Crippen LogP contribution in [0.2, 0.25) is 0 Å². The number of rotatable bonds is 6. The van der Waals surface area contributed by atoms with E-state index in [-0.39, 0.29) is 24.0 Å². The third kappa shape index (κ3) is 5.49. The standard InChI is InChI=1S/C21H23BrN2O5S2/c1-3-29-21(26)19-13-30-11-10-24(19)31(27,28)17-7-5-16(6-8-17)23-20(25)15-4-9-18(22)14(2)12-15/h4-9,12,19H,3,10-11,13H2,1-2H3,(H,23,25). The van der Waals surface area contributed by atoms with Crippen molar-refractivity contribution >= 4 is 55.3 Å². The van der Waals surface area contributed by atoms with Crippen LogP contribution < -0.4 is 5.32 Å². The summed E-state index contributed by atoms with van der Waals surface area (Å²) in [7, 11) is -3.88. The van der Waals surface area contributed by atoms with Crippen LogP contribution in [0.15, 0.2) is 51.8 Å². The zero-order valence-electron chi connectivity index (χ0n) is 17.1. The first-order valence-electron chi connectivity index (χ1n) is 9.68. The molecule has 1 amide bonds. The lowest BCUT2D eigenvalue weighted by Crippen LogP contribution is -2.50. The van der Waals surface area contributed by atoms with E-state index in [4.69, 9.17) is 4.74 Å². The Morgan fingerprint density at radius 1 is 1.23 bits per heavy atom. The number of carbonyl (C=O) groups excluding carboxylic acids is 2. The molecule has 31 heavy (non-hydrogen) atoms. The average Bonchev–Trinajstić information content (AvgIpc) is 2.76. The van der Waals surface area contributed by atoms with Gasteiger partial charge in [0.15, 0.2) is 0 Å². The molecule has 0 saturated carbocycles. The molecule has 2 aromatic carbocycles. The Morgan fingerprint density at radius 3 is 2.58 bits per heavy atom. The summed E-state index contributed by atoms with van der Waals surface area (Å²) in [6, 6.07) is 10.4. The van der Waals surface area contributed by atoms with Crippen molar-refractivity contribution in [3.05, 3.63) is 58.1 Å². The second-order valence-corrected chi connectivity index (χ2v) is 10.8. The molecule has 1 unspecified atom stereocenters. The Bertz CT molecular complexity index is 1070. The van der Waals surface area contributed by atoms with Gasteiger partial charge in [-0.25, -0.2) is 8.42 Å². The number of nitrogens with one attached hydrogen (secondary N) is 1. The molecule has 1 heterocycles. The van der Waals surface area contributed by atoms with Crippen LogP contribution in [0.5, 0.6) is 0 Å². The lowest BCUT2D eigenvalue weighted by molar-refractivity contribution is -0.146. The molecule has 1 N–H and O–H groups in total. The number of halogens is 1. The van der Waals surface area contributed by atoms with Crippen molar-refractivity contribution in [1.82, 2.24) is 4.31 Å². The molecule has 7 nitrogen and oxygen atoms in total. The van der Waals surface area contributed by atoms with Crippen LogP contribution >= 0.6 is 27.7 Å². The average molecular weight is 527 g/mol. The van der Waals surface area contributed by atoms with Gasteiger partial charge in [-0.15, -0.1) is 0 Å².